The van der Waals surface area contributed by atoms with Crippen molar-refractivity contribution >= 4 is 29.2 Å². The highest BCUT2D eigenvalue weighted by Crippen LogP contribution is 2.43. The van der Waals surface area contributed by atoms with Crippen LogP contribution in [-0.4, -0.2) is 35.9 Å². The van der Waals surface area contributed by atoms with Crippen LogP contribution in [0.25, 0.3) is 28.1 Å². The standard InChI is InChI=1S/C34H30ClN3O5/c1-20-10-15-30(21(2)16-20)38-34(43-22(3)39)31(32(37-38)24-17-26(41-4)19-27(18-24)42-5)23-11-13-25(14-12-23)36-33(40)28-8-6-7-9-29(28)35/h6-19H,1-5H3,(H,36,40). The number of nitrogens with zero attached hydrogens (tertiary/aromatic N) is 2. The van der Waals surface area contributed by atoms with E-state index in [0.29, 0.717) is 50.2 Å². The van der Waals surface area contributed by atoms with Crippen molar-refractivity contribution in [2.24, 2.45) is 0 Å². The van der Waals surface area contributed by atoms with E-state index in [-0.39, 0.29) is 11.8 Å². The highest BCUT2D eigenvalue weighted by atomic mass is 35.5. The second-order valence-electron chi connectivity index (χ2n) is 9.94. The molecule has 0 aliphatic heterocycles. The summed E-state index contributed by atoms with van der Waals surface area (Å²) in [4.78, 5) is 25.3. The number of aromatic nitrogens is 2. The Morgan fingerprint density at radius 1 is 0.837 bits per heavy atom. The number of carbonyl (C=O) groups excluding carboxylic acids is 2. The molecule has 0 unspecified atom stereocenters. The fourth-order valence-corrected chi connectivity index (χ4v) is 5.03. The molecule has 43 heavy (non-hydrogen) atoms. The van der Waals surface area contributed by atoms with Gasteiger partial charge in [-0.05, 0) is 67.4 Å². The summed E-state index contributed by atoms with van der Waals surface area (Å²) in [5, 5.41) is 8.23. The lowest BCUT2D eigenvalue weighted by Crippen LogP contribution is -2.12. The summed E-state index contributed by atoms with van der Waals surface area (Å²) in [6.45, 7) is 5.34. The second-order valence-corrected chi connectivity index (χ2v) is 10.3. The quantitative estimate of drug-likeness (QED) is 0.185. The summed E-state index contributed by atoms with van der Waals surface area (Å²) in [7, 11) is 3.15. The van der Waals surface area contributed by atoms with Gasteiger partial charge in [0.25, 0.3) is 5.91 Å². The SMILES string of the molecule is COc1cc(OC)cc(-c2nn(-c3ccc(C)cc3C)c(OC(C)=O)c2-c2ccc(NC(=O)c3ccccc3Cl)cc2)c1. The molecule has 0 bridgehead atoms. The van der Waals surface area contributed by atoms with E-state index in [1.807, 2.05) is 56.3 Å². The predicted molar refractivity (Wildman–Crippen MR) is 168 cm³/mol. The molecule has 0 saturated heterocycles. The van der Waals surface area contributed by atoms with Crippen molar-refractivity contribution in [1.82, 2.24) is 9.78 Å². The van der Waals surface area contributed by atoms with Gasteiger partial charge in [0, 0.05) is 24.2 Å². The van der Waals surface area contributed by atoms with Gasteiger partial charge < -0.3 is 19.5 Å². The summed E-state index contributed by atoms with van der Waals surface area (Å²) in [5.41, 5.74) is 6.26. The number of halogens is 1. The molecule has 1 N–H and O–H groups in total. The topological polar surface area (TPSA) is 91.7 Å². The monoisotopic (exact) mass is 595 g/mol. The van der Waals surface area contributed by atoms with E-state index in [9.17, 15) is 9.59 Å². The first-order valence-electron chi connectivity index (χ1n) is 13.5. The van der Waals surface area contributed by atoms with Gasteiger partial charge in [-0.3, -0.25) is 9.59 Å². The summed E-state index contributed by atoms with van der Waals surface area (Å²) in [6, 6.07) is 25.5. The Bertz CT molecular complexity index is 1810. The van der Waals surface area contributed by atoms with E-state index in [1.165, 1.54) is 6.92 Å². The maximum Gasteiger partial charge on any atom is 0.309 e. The third-order valence-corrected chi connectivity index (χ3v) is 7.17. The average Bonchev–Trinajstić information content (AvgIpc) is 3.35. The van der Waals surface area contributed by atoms with Gasteiger partial charge in [0.15, 0.2) is 0 Å². The van der Waals surface area contributed by atoms with Crippen LogP contribution in [0.4, 0.5) is 5.69 Å². The number of nitrogens with one attached hydrogen (secondary N) is 1. The molecule has 0 atom stereocenters. The summed E-state index contributed by atoms with van der Waals surface area (Å²) >= 11 is 6.21. The molecule has 1 heterocycles. The van der Waals surface area contributed by atoms with Crippen molar-refractivity contribution in [1.29, 1.82) is 0 Å². The van der Waals surface area contributed by atoms with Crippen LogP contribution in [0.2, 0.25) is 5.02 Å². The Balaban J connectivity index is 1.68. The molecule has 0 saturated carbocycles. The van der Waals surface area contributed by atoms with Crippen LogP contribution in [0.1, 0.15) is 28.4 Å². The Hall–Kier alpha value is -5.08. The van der Waals surface area contributed by atoms with Crippen molar-refractivity contribution in [3.05, 3.63) is 107 Å². The molecule has 5 rings (SSSR count). The molecule has 1 aromatic heterocycles. The van der Waals surface area contributed by atoms with Gasteiger partial charge in [-0.2, -0.15) is 9.78 Å². The molecule has 4 aromatic carbocycles. The van der Waals surface area contributed by atoms with Gasteiger partial charge >= 0.3 is 5.97 Å². The number of ether oxygens (including phenoxy) is 3. The zero-order valence-electron chi connectivity index (χ0n) is 24.4. The molecule has 0 radical (unpaired) electrons. The zero-order valence-corrected chi connectivity index (χ0v) is 25.2. The maximum absolute atomic E-state index is 12.9. The number of esters is 1. The first kappa shape index (κ1) is 29.4. The lowest BCUT2D eigenvalue weighted by Gasteiger charge is -2.12. The molecule has 218 valence electrons. The van der Waals surface area contributed by atoms with Gasteiger partial charge in [0.1, 0.15) is 17.2 Å². The number of methoxy groups -OCH3 is 2. The third-order valence-electron chi connectivity index (χ3n) is 6.84. The third kappa shape index (κ3) is 6.24. The van der Waals surface area contributed by atoms with Crippen LogP contribution in [0.15, 0.2) is 84.9 Å². The van der Waals surface area contributed by atoms with Crippen LogP contribution >= 0.6 is 11.6 Å². The minimum Gasteiger partial charge on any atom is -0.497 e. The van der Waals surface area contributed by atoms with Crippen molar-refractivity contribution in [2.75, 3.05) is 19.5 Å². The number of hydrogen-bond donors (Lipinski definition) is 1. The van der Waals surface area contributed by atoms with E-state index in [2.05, 4.69) is 5.32 Å². The summed E-state index contributed by atoms with van der Waals surface area (Å²) < 4.78 is 18.6. The Labute approximate surface area is 254 Å². The number of amides is 1. The largest absolute Gasteiger partial charge is 0.497 e. The summed E-state index contributed by atoms with van der Waals surface area (Å²) in [6.07, 6.45) is 0. The van der Waals surface area contributed by atoms with Crippen molar-refractivity contribution in [2.45, 2.75) is 20.8 Å². The van der Waals surface area contributed by atoms with E-state index in [4.69, 9.17) is 30.9 Å². The van der Waals surface area contributed by atoms with E-state index < -0.39 is 5.97 Å². The molecule has 1 amide bonds. The molecule has 0 fully saturated rings. The average molecular weight is 596 g/mol. The van der Waals surface area contributed by atoms with Crippen LogP contribution < -0.4 is 19.5 Å². The van der Waals surface area contributed by atoms with Crippen LogP contribution in [0, 0.1) is 13.8 Å². The number of benzene rings is 4. The van der Waals surface area contributed by atoms with Gasteiger partial charge in [-0.25, -0.2) is 0 Å². The first-order chi connectivity index (χ1) is 20.7. The number of hydrogen-bond acceptors (Lipinski definition) is 6. The molecule has 5 aromatic rings. The van der Waals surface area contributed by atoms with Crippen molar-refractivity contribution in [3.63, 3.8) is 0 Å². The van der Waals surface area contributed by atoms with Gasteiger partial charge in [-0.1, -0.05) is 53.6 Å². The zero-order chi connectivity index (χ0) is 30.7. The minimum atomic E-state index is -0.495. The maximum atomic E-state index is 12.9. The lowest BCUT2D eigenvalue weighted by molar-refractivity contribution is -0.132. The molecule has 0 aliphatic carbocycles. The van der Waals surface area contributed by atoms with Crippen molar-refractivity contribution < 1.29 is 23.8 Å². The predicted octanol–water partition coefficient (Wildman–Crippen LogP) is 7.67. The van der Waals surface area contributed by atoms with Crippen LogP contribution in [-0.2, 0) is 4.79 Å². The molecule has 0 spiro atoms. The Morgan fingerprint density at radius 3 is 2.12 bits per heavy atom. The van der Waals surface area contributed by atoms with Crippen molar-refractivity contribution in [3.8, 4) is 45.5 Å². The fourth-order valence-electron chi connectivity index (χ4n) is 4.81. The normalized spacial score (nSPS) is 10.7. The number of carbonyl (C=O) groups is 2. The molecule has 0 aliphatic rings. The van der Waals surface area contributed by atoms with Gasteiger partial charge in [0.05, 0.1) is 36.1 Å². The lowest BCUT2D eigenvalue weighted by atomic mass is 10.00. The van der Waals surface area contributed by atoms with Crippen LogP contribution in [0.3, 0.4) is 0 Å². The van der Waals surface area contributed by atoms with Gasteiger partial charge in [0.2, 0.25) is 5.88 Å². The Morgan fingerprint density at radius 2 is 1.51 bits per heavy atom. The molecule has 9 heteroatoms. The second kappa shape index (κ2) is 12.4. The first-order valence-corrected chi connectivity index (χ1v) is 13.8. The number of anilines is 1. The van der Waals surface area contributed by atoms with Gasteiger partial charge in [-0.15, -0.1) is 0 Å². The van der Waals surface area contributed by atoms with E-state index in [1.54, 1.807) is 61.4 Å². The Kier molecular flexibility index (Phi) is 8.50. The molecule has 8 nitrogen and oxygen atoms in total. The van der Waals surface area contributed by atoms with E-state index in [0.717, 1.165) is 16.8 Å². The van der Waals surface area contributed by atoms with Crippen LogP contribution in [0.5, 0.6) is 17.4 Å². The smallest absolute Gasteiger partial charge is 0.309 e. The number of rotatable bonds is 8. The minimum absolute atomic E-state index is 0.254. The molecular weight excluding hydrogens is 566 g/mol. The molecular formula is C34H30ClN3O5. The number of aryl methyl sites for hydroxylation is 2. The fraction of sp³-hybridized carbons (Fsp3) is 0.147. The highest BCUT2D eigenvalue weighted by molar-refractivity contribution is 6.34. The summed E-state index contributed by atoms with van der Waals surface area (Å²) in [5.74, 6) is 0.585. The highest BCUT2D eigenvalue weighted by Gasteiger charge is 2.26. The van der Waals surface area contributed by atoms with E-state index >= 15 is 0 Å².